The Morgan fingerprint density at radius 3 is 2.66 bits per heavy atom. The Morgan fingerprint density at radius 2 is 1.86 bits per heavy atom. The topological polar surface area (TPSA) is 109 Å². The minimum atomic E-state index is -0.374. The van der Waals surface area contributed by atoms with E-state index < -0.39 is 0 Å². The van der Waals surface area contributed by atoms with E-state index in [-0.39, 0.29) is 18.3 Å². The number of aryl methyl sites for hydroxylation is 1. The lowest BCUT2D eigenvalue weighted by Gasteiger charge is -2.10. The molecule has 0 fully saturated rings. The van der Waals surface area contributed by atoms with Crippen molar-refractivity contribution in [2.45, 2.75) is 6.92 Å². The highest BCUT2D eigenvalue weighted by Gasteiger charge is 2.18. The van der Waals surface area contributed by atoms with Crippen LogP contribution in [0, 0.1) is 12.7 Å². The van der Waals surface area contributed by atoms with Gasteiger partial charge < -0.3 is 14.8 Å². The van der Waals surface area contributed by atoms with Crippen LogP contribution in [-0.4, -0.2) is 49.2 Å². The Balaban J connectivity index is 1.41. The lowest BCUT2D eigenvalue weighted by molar-refractivity contribution is -0.118. The number of anilines is 1. The molecule has 0 bridgehead atoms. The SMILES string of the molecule is COc1cccc(OCC(=O)Nc2cc(C)nn2-c2ncnc3c2cnn3-c2ccc(F)cc2)c1. The maximum atomic E-state index is 13.3. The fourth-order valence-electron chi connectivity index (χ4n) is 3.54. The molecule has 5 aromatic rings. The van der Waals surface area contributed by atoms with Crippen molar-refractivity contribution in [2.75, 3.05) is 19.0 Å². The second-order valence-corrected chi connectivity index (χ2v) is 7.57. The van der Waals surface area contributed by atoms with Gasteiger partial charge in [0.15, 0.2) is 18.1 Å². The molecule has 3 aromatic heterocycles. The van der Waals surface area contributed by atoms with Crippen molar-refractivity contribution in [1.82, 2.24) is 29.5 Å². The molecule has 2 aromatic carbocycles. The molecule has 0 aliphatic carbocycles. The van der Waals surface area contributed by atoms with Crippen molar-refractivity contribution in [1.29, 1.82) is 0 Å². The van der Waals surface area contributed by atoms with Crippen LogP contribution in [0.5, 0.6) is 11.5 Å². The predicted molar refractivity (Wildman–Crippen MR) is 126 cm³/mol. The summed E-state index contributed by atoms with van der Waals surface area (Å²) in [6.07, 6.45) is 2.98. The number of hydrogen-bond donors (Lipinski definition) is 1. The summed E-state index contributed by atoms with van der Waals surface area (Å²) < 4.78 is 27.2. The van der Waals surface area contributed by atoms with Crippen molar-refractivity contribution in [3.05, 3.63) is 78.6 Å². The normalized spacial score (nSPS) is 10.9. The molecule has 1 N–H and O–H groups in total. The van der Waals surface area contributed by atoms with E-state index in [0.717, 1.165) is 0 Å². The number of methoxy groups -OCH3 is 1. The van der Waals surface area contributed by atoms with Gasteiger partial charge in [-0.05, 0) is 43.3 Å². The molecule has 0 unspecified atom stereocenters. The summed E-state index contributed by atoms with van der Waals surface area (Å²) in [4.78, 5) is 21.3. The van der Waals surface area contributed by atoms with Crippen LogP contribution < -0.4 is 14.8 Å². The standard InChI is InChI=1S/C24H20FN7O3/c1-15-10-21(29-22(33)13-35-19-5-3-4-18(11-19)34-2)32(30-15)24-20-12-28-31(23(20)26-14-27-24)17-8-6-16(25)7-9-17/h3-12,14H,13H2,1-2H3,(H,29,33). The zero-order valence-electron chi connectivity index (χ0n) is 18.8. The van der Waals surface area contributed by atoms with Gasteiger partial charge in [-0.2, -0.15) is 14.9 Å². The number of fused-ring (bicyclic) bond motifs is 1. The van der Waals surface area contributed by atoms with Gasteiger partial charge in [0.05, 0.1) is 30.1 Å². The number of carbonyl (C=O) groups is 1. The Morgan fingerprint density at radius 1 is 1.06 bits per heavy atom. The minimum Gasteiger partial charge on any atom is -0.497 e. The van der Waals surface area contributed by atoms with E-state index in [9.17, 15) is 9.18 Å². The van der Waals surface area contributed by atoms with Gasteiger partial charge in [-0.1, -0.05) is 6.07 Å². The van der Waals surface area contributed by atoms with E-state index in [1.807, 2.05) is 0 Å². The molecule has 0 saturated carbocycles. The van der Waals surface area contributed by atoms with Crippen LogP contribution in [0.15, 0.2) is 67.1 Å². The number of carbonyl (C=O) groups excluding carboxylic acids is 1. The van der Waals surface area contributed by atoms with Crippen molar-refractivity contribution in [2.24, 2.45) is 0 Å². The molecular weight excluding hydrogens is 453 g/mol. The third-order valence-electron chi connectivity index (χ3n) is 5.13. The molecular formula is C24H20FN7O3. The van der Waals surface area contributed by atoms with Crippen LogP contribution in [0.3, 0.4) is 0 Å². The summed E-state index contributed by atoms with van der Waals surface area (Å²) in [5, 5.41) is 12.3. The molecule has 176 valence electrons. The second kappa shape index (κ2) is 9.21. The first-order valence-electron chi connectivity index (χ1n) is 10.6. The maximum absolute atomic E-state index is 13.3. The van der Waals surface area contributed by atoms with Crippen LogP contribution >= 0.6 is 0 Å². The van der Waals surface area contributed by atoms with Crippen LogP contribution in [-0.2, 0) is 4.79 Å². The highest BCUT2D eigenvalue weighted by atomic mass is 19.1. The molecule has 0 saturated heterocycles. The van der Waals surface area contributed by atoms with Gasteiger partial charge in [0.2, 0.25) is 0 Å². The average molecular weight is 473 g/mol. The highest BCUT2D eigenvalue weighted by Crippen LogP contribution is 2.24. The Bertz CT molecular complexity index is 1510. The van der Waals surface area contributed by atoms with E-state index in [1.54, 1.807) is 67.4 Å². The number of amides is 1. The average Bonchev–Trinajstić information content (AvgIpc) is 3.46. The Labute approximate surface area is 199 Å². The quantitative estimate of drug-likeness (QED) is 0.385. The summed E-state index contributed by atoms with van der Waals surface area (Å²) in [6.45, 7) is 1.60. The molecule has 10 nitrogen and oxygen atoms in total. The molecule has 3 heterocycles. The van der Waals surface area contributed by atoms with Gasteiger partial charge >= 0.3 is 0 Å². The van der Waals surface area contributed by atoms with Crippen molar-refractivity contribution in [3.63, 3.8) is 0 Å². The number of aromatic nitrogens is 6. The molecule has 11 heteroatoms. The van der Waals surface area contributed by atoms with E-state index in [1.165, 1.54) is 23.1 Å². The monoisotopic (exact) mass is 473 g/mol. The molecule has 0 radical (unpaired) electrons. The number of rotatable bonds is 7. The predicted octanol–water partition coefficient (Wildman–Crippen LogP) is 3.47. The van der Waals surface area contributed by atoms with Crippen LogP contribution in [0.25, 0.3) is 22.5 Å². The largest absolute Gasteiger partial charge is 0.497 e. The van der Waals surface area contributed by atoms with Gasteiger partial charge in [-0.15, -0.1) is 0 Å². The lowest BCUT2D eigenvalue weighted by atomic mass is 10.3. The molecule has 35 heavy (non-hydrogen) atoms. The minimum absolute atomic E-state index is 0.209. The molecule has 1 amide bonds. The molecule has 5 rings (SSSR count). The first kappa shape index (κ1) is 22.0. The van der Waals surface area contributed by atoms with Crippen molar-refractivity contribution in [3.8, 4) is 23.0 Å². The zero-order valence-corrected chi connectivity index (χ0v) is 18.8. The Kier molecular flexibility index (Phi) is 5.80. The van der Waals surface area contributed by atoms with Crippen molar-refractivity contribution < 1.29 is 18.7 Å². The Hall–Kier alpha value is -4.80. The second-order valence-electron chi connectivity index (χ2n) is 7.57. The number of ether oxygens (including phenoxy) is 2. The maximum Gasteiger partial charge on any atom is 0.263 e. The smallest absolute Gasteiger partial charge is 0.263 e. The van der Waals surface area contributed by atoms with E-state index in [2.05, 4.69) is 25.5 Å². The van der Waals surface area contributed by atoms with E-state index in [0.29, 0.717) is 45.5 Å². The van der Waals surface area contributed by atoms with Gasteiger partial charge in [0, 0.05) is 12.1 Å². The lowest BCUT2D eigenvalue weighted by Crippen LogP contribution is -2.22. The highest BCUT2D eigenvalue weighted by molar-refractivity contribution is 5.92. The van der Waals surface area contributed by atoms with Gasteiger partial charge in [0.25, 0.3) is 5.91 Å². The number of nitrogens with one attached hydrogen (secondary N) is 1. The third kappa shape index (κ3) is 4.51. The van der Waals surface area contributed by atoms with Crippen LogP contribution in [0.4, 0.5) is 10.2 Å². The summed E-state index contributed by atoms with van der Waals surface area (Å²) >= 11 is 0. The number of halogens is 1. The van der Waals surface area contributed by atoms with Gasteiger partial charge in [0.1, 0.15) is 29.5 Å². The summed E-state index contributed by atoms with van der Waals surface area (Å²) in [6, 6.07) is 14.6. The summed E-state index contributed by atoms with van der Waals surface area (Å²) in [5.74, 6) is 1.27. The zero-order chi connectivity index (χ0) is 24.4. The summed E-state index contributed by atoms with van der Waals surface area (Å²) in [7, 11) is 1.56. The molecule has 0 spiro atoms. The summed E-state index contributed by atoms with van der Waals surface area (Å²) in [5.41, 5.74) is 1.83. The van der Waals surface area contributed by atoms with Gasteiger partial charge in [-0.3, -0.25) is 4.79 Å². The molecule has 0 aliphatic rings. The number of nitrogens with zero attached hydrogens (tertiary/aromatic N) is 6. The van der Waals surface area contributed by atoms with Crippen molar-refractivity contribution >= 4 is 22.8 Å². The van der Waals surface area contributed by atoms with Crippen LogP contribution in [0.1, 0.15) is 5.69 Å². The fraction of sp³-hybridized carbons (Fsp3) is 0.125. The van der Waals surface area contributed by atoms with E-state index in [4.69, 9.17) is 9.47 Å². The fourth-order valence-corrected chi connectivity index (χ4v) is 3.54. The first-order valence-corrected chi connectivity index (χ1v) is 10.6. The van der Waals surface area contributed by atoms with E-state index >= 15 is 0 Å². The number of benzene rings is 2. The number of hydrogen-bond acceptors (Lipinski definition) is 7. The van der Waals surface area contributed by atoms with Crippen LogP contribution in [0.2, 0.25) is 0 Å². The first-order chi connectivity index (χ1) is 17.0. The van der Waals surface area contributed by atoms with Gasteiger partial charge in [-0.25, -0.2) is 19.0 Å². The molecule has 0 atom stereocenters. The third-order valence-corrected chi connectivity index (χ3v) is 5.13. The molecule has 0 aliphatic heterocycles.